The number of carboxylic acid groups (broad SMARTS) is 1. The van der Waals surface area contributed by atoms with Crippen LogP contribution in [0.25, 0.3) is 10.9 Å². The van der Waals surface area contributed by atoms with Crippen LogP contribution in [0.5, 0.6) is 0 Å². The summed E-state index contributed by atoms with van der Waals surface area (Å²) in [6, 6.07) is 5.36. The molecule has 2 amide bonds. The monoisotopic (exact) mass is 399 g/mol. The Kier molecular flexibility index (Phi) is 4.19. The van der Waals surface area contributed by atoms with Gasteiger partial charge in [-0.1, -0.05) is 17.7 Å². The highest BCUT2D eigenvalue weighted by atomic mass is 35.5. The van der Waals surface area contributed by atoms with Crippen LogP contribution in [0.1, 0.15) is 47.3 Å². The van der Waals surface area contributed by atoms with Gasteiger partial charge in [0.15, 0.2) is 0 Å². The van der Waals surface area contributed by atoms with Crippen molar-refractivity contribution in [1.29, 1.82) is 0 Å². The zero-order chi connectivity index (χ0) is 19.4. The molecule has 1 aromatic carbocycles. The van der Waals surface area contributed by atoms with Crippen molar-refractivity contribution < 1.29 is 14.7 Å². The fourth-order valence-corrected chi connectivity index (χ4v) is 5.43. The number of nitrogens with zero attached hydrogens (tertiary/aromatic N) is 3. The Hall–Kier alpha value is -2.34. The van der Waals surface area contributed by atoms with Gasteiger partial charge in [-0.15, -0.1) is 0 Å². The molecule has 1 aromatic heterocycles. The van der Waals surface area contributed by atoms with Crippen molar-refractivity contribution in [2.75, 3.05) is 13.1 Å². The summed E-state index contributed by atoms with van der Waals surface area (Å²) in [5, 5.41) is 11.1. The molecule has 3 heterocycles. The van der Waals surface area contributed by atoms with Gasteiger partial charge in [0.05, 0.1) is 22.6 Å². The standard InChI is InChI=1S/C21H22ClN3O3/c22-19-15-3-1-2-4-17(15)23-18-9-12(5-8-16(18)19)20(26)24-10-13-6-7-14(11-24)25(13)21(27)28/h5,8-9,13-14H,1-4,6-7,10-11H2,(H,27,28). The maximum absolute atomic E-state index is 13.1. The molecule has 2 bridgehead atoms. The largest absolute Gasteiger partial charge is 0.465 e. The van der Waals surface area contributed by atoms with Gasteiger partial charge in [0.25, 0.3) is 5.91 Å². The third kappa shape index (κ3) is 2.73. The number of halogens is 1. The number of amides is 2. The maximum atomic E-state index is 13.1. The number of piperazine rings is 1. The lowest BCUT2D eigenvalue weighted by Crippen LogP contribution is -2.56. The third-order valence-corrected chi connectivity index (χ3v) is 6.86. The predicted octanol–water partition coefficient (Wildman–Crippen LogP) is 3.73. The molecule has 2 saturated heterocycles. The van der Waals surface area contributed by atoms with Crippen molar-refractivity contribution in [3.05, 3.63) is 40.0 Å². The van der Waals surface area contributed by atoms with Gasteiger partial charge in [-0.25, -0.2) is 4.79 Å². The molecular formula is C21H22ClN3O3. The van der Waals surface area contributed by atoms with Gasteiger partial charge in [0, 0.05) is 29.7 Å². The molecule has 1 N–H and O–H groups in total. The quantitative estimate of drug-likeness (QED) is 0.792. The molecule has 28 heavy (non-hydrogen) atoms. The second kappa shape index (κ2) is 6.62. The molecule has 0 saturated carbocycles. The van der Waals surface area contributed by atoms with Gasteiger partial charge < -0.3 is 10.0 Å². The van der Waals surface area contributed by atoms with Crippen molar-refractivity contribution >= 4 is 34.5 Å². The van der Waals surface area contributed by atoms with Crippen molar-refractivity contribution in [3.63, 3.8) is 0 Å². The van der Waals surface area contributed by atoms with Gasteiger partial charge in [0.1, 0.15) is 0 Å². The number of benzene rings is 1. The van der Waals surface area contributed by atoms with Crippen LogP contribution in [0, 0.1) is 0 Å². The first-order valence-electron chi connectivity index (χ1n) is 9.94. The Balaban J connectivity index is 1.45. The minimum absolute atomic E-state index is 0.0560. The van der Waals surface area contributed by atoms with E-state index >= 15 is 0 Å². The Morgan fingerprint density at radius 1 is 1.11 bits per heavy atom. The number of fused-ring (bicyclic) bond motifs is 4. The van der Waals surface area contributed by atoms with Crippen LogP contribution in [0.3, 0.4) is 0 Å². The minimum atomic E-state index is -0.881. The molecule has 2 atom stereocenters. The van der Waals surface area contributed by atoms with Crippen LogP contribution in [0.4, 0.5) is 4.79 Å². The highest BCUT2D eigenvalue weighted by Gasteiger charge is 2.44. The van der Waals surface area contributed by atoms with E-state index in [2.05, 4.69) is 0 Å². The SMILES string of the molecule is O=C(c1ccc2c(Cl)c3c(nc2c1)CCCC3)N1CC2CCC(C1)N2C(=O)O. The highest BCUT2D eigenvalue weighted by Crippen LogP contribution is 2.34. The first-order valence-corrected chi connectivity index (χ1v) is 10.3. The van der Waals surface area contributed by atoms with Crippen molar-refractivity contribution in [2.24, 2.45) is 0 Å². The van der Waals surface area contributed by atoms with Crippen LogP contribution >= 0.6 is 11.6 Å². The van der Waals surface area contributed by atoms with Gasteiger partial charge >= 0.3 is 6.09 Å². The molecule has 2 aromatic rings. The molecular weight excluding hydrogens is 378 g/mol. The minimum Gasteiger partial charge on any atom is -0.465 e. The van der Waals surface area contributed by atoms with E-state index in [-0.39, 0.29) is 18.0 Å². The molecule has 2 aliphatic heterocycles. The van der Waals surface area contributed by atoms with Crippen LogP contribution in [0.2, 0.25) is 5.02 Å². The van der Waals surface area contributed by atoms with E-state index < -0.39 is 6.09 Å². The van der Waals surface area contributed by atoms with E-state index in [1.807, 2.05) is 18.2 Å². The fraction of sp³-hybridized carbons (Fsp3) is 0.476. The number of carbonyl (C=O) groups excluding carboxylic acids is 1. The van der Waals surface area contributed by atoms with Crippen LogP contribution in [-0.4, -0.2) is 57.1 Å². The van der Waals surface area contributed by atoms with Gasteiger partial charge in [-0.05, 0) is 56.2 Å². The number of aryl methyl sites for hydroxylation is 1. The normalized spacial score (nSPS) is 23.8. The van der Waals surface area contributed by atoms with E-state index in [1.54, 1.807) is 4.90 Å². The molecule has 5 rings (SSSR count). The fourth-order valence-electron chi connectivity index (χ4n) is 5.06. The molecule has 6 nitrogen and oxygen atoms in total. The second-order valence-electron chi connectivity index (χ2n) is 8.08. The Morgan fingerprint density at radius 3 is 2.54 bits per heavy atom. The summed E-state index contributed by atoms with van der Waals surface area (Å²) in [7, 11) is 0. The number of pyridine rings is 1. The molecule has 146 valence electrons. The second-order valence-corrected chi connectivity index (χ2v) is 8.45. The summed E-state index contributed by atoms with van der Waals surface area (Å²) in [5.74, 6) is -0.0560. The summed E-state index contributed by atoms with van der Waals surface area (Å²) in [6.45, 7) is 0.913. The van der Waals surface area contributed by atoms with Crippen molar-refractivity contribution in [1.82, 2.24) is 14.8 Å². The number of aromatic nitrogens is 1. The zero-order valence-electron chi connectivity index (χ0n) is 15.5. The van der Waals surface area contributed by atoms with Gasteiger partial charge in [-0.2, -0.15) is 0 Å². The highest BCUT2D eigenvalue weighted by molar-refractivity contribution is 6.36. The van der Waals surface area contributed by atoms with Crippen LogP contribution in [0.15, 0.2) is 18.2 Å². The topological polar surface area (TPSA) is 73.7 Å². The first-order chi connectivity index (χ1) is 13.5. The van der Waals surface area contributed by atoms with Crippen molar-refractivity contribution in [2.45, 2.75) is 50.6 Å². The number of hydrogen-bond donors (Lipinski definition) is 1. The molecule has 1 aliphatic carbocycles. The van der Waals surface area contributed by atoms with Gasteiger partial charge in [0.2, 0.25) is 0 Å². The number of rotatable bonds is 1. The van der Waals surface area contributed by atoms with Crippen LogP contribution < -0.4 is 0 Å². The third-order valence-electron chi connectivity index (χ3n) is 6.43. The van der Waals surface area contributed by atoms with E-state index in [9.17, 15) is 14.7 Å². The van der Waals surface area contributed by atoms with Crippen LogP contribution in [-0.2, 0) is 12.8 Å². The maximum Gasteiger partial charge on any atom is 0.407 e. The molecule has 3 aliphatic rings. The average Bonchev–Trinajstić information content (AvgIpc) is 2.97. The number of likely N-dealkylation sites (tertiary alicyclic amines) is 1. The van der Waals surface area contributed by atoms with E-state index in [0.29, 0.717) is 18.7 Å². The molecule has 7 heteroatoms. The average molecular weight is 400 g/mol. The van der Waals surface area contributed by atoms with E-state index in [0.717, 1.165) is 65.7 Å². The number of hydrogen-bond acceptors (Lipinski definition) is 3. The van der Waals surface area contributed by atoms with E-state index in [1.165, 1.54) is 4.90 Å². The lowest BCUT2D eigenvalue weighted by atomic mass is 9.94. The summed E-state index contributed by atoms with van der Waals surface area (Å²) in [6.07, 6.45) is 4.92. The lowest BCUT2D eigenvalue weighted by Gasteiger charge is -2.39. The number of carbonyl (C=O) groups is 2. The molecule has 0 spiro atoms. The Labute approximate surface area is 168 Å². The summed E-state index contributed by atoms with van der Waals surface area (Å²) < 4.78 is 0. The Morgan fingerprint density at radius 2 is 1.82 bits per heavy atom. The van der Waals surface area contributed by atoms with Gasteiger partial charge in [-0.3, -0.25) is 14.7 Å². The predicted molar refractivity (Wildman–Crippen MR) is 106 cm³/mol. The van der Waals surface area contributed by atoms with Crippen molar-refractivity contribution in [3.8, 4) is 0 Å². The summed E-state index contributed by atoms with van der Waals surface area (Å²) in [5.41, 5.74) is 3.57. The molecule has 0 radical (unpaired) electrons. The lowest BCUT2D eigenvalue weighted by molar-refractivity contribution is 0.0448. The van der Waals surface area contributed by atoms with E-state index in [4.69, 9.17) is 16.6 Å². The first kappa shape index (κ1) is 17.7. The zero-order valence-corrected chi connectivity index (χ0v) is 16.3. The smallest absolute Gasteiger partial charge is 0.407 e. The Bertz CT molecular complexity index is 979. The molecule has 2 unspecified atom stereocenters. The summed E-state index contributed by atoms with van der Waals surface area (Å²) in [4.78, 5) is 32.7. The molecule has 2 fully saturated rings. The summed E-state index contributed by atoms with van der Waals surface area (Å²) >= 11 is 6.64.